The van der Waals surface area contributed by atoms with Crippen LogP contribution in [0.15, 0.2) is 0 Å². The number of carboxylic acids is 6. The van der Waals surface area contributed by atoms with Crippen LogP contribution in [0.1, 0.15) is 25.7 Å². The molecule has 0 aromatic rings. The third-order valence-corrected chi connectivity index (χ3v) is 2.53. The Balaban J connectivity index is -0.0000000640. The van der Waals surface area contributed by atoms with E-state index in [-0.39, 0.29) is 75.5 Å². The van der Waals surface area contributed by atoms with E-state index in [1.165, 1.54) is 0 Å². The summed E-state index contributed by atoms with van der Waals surface area (Å²) >= 11 is 0. The van der Waals surface area contributed by atoms with E-state index in [2.05, 4.69) is 0 Å². The predicted molar refractivity (Wildman–Crippen MR) is 79.8 cm³/mol. The fraction of sp³-hybridized carbons (Fsp3) is 0.500. The van der Waals surface area contributed by atoms with Crippen LogP contribution in [0, 0.1) is 0 Å². The van der Waals surface area contributed by atoms with Crippen LogP contribution in [-0.4, -0.2) is 94.1 Å². The smallest absolute Gasteiger partial charge is 0.547 e. The van der Waals surface area contributed by atoms with Gasteiger partial charge in [-0.1, -0.05) is 0 Å². The first-order valence-corrected chi connectivity index (χ1v) is 6.30. The van der Waals surface area contributed by atoms with Crippen molar-refractivity contribution in [1.29, 1.82) is 0 Å². The summed E-state index contributed by atoms with van der Waals surface area (Å²) in [5, 5.41) is 71.1. The Morgan fingerprint density at radius 2 is 0.645 bits per heavy atom. The van der Waals surface area contributed by atoms with Crippen LogP contribution in [-0.2, 0) is 28.8 Å². The summed E-state index contributed by atoms with van der Waals surface area (Å²) < 4.78 is 0. The molecule has 0 bridgehead atoms. The van der Waals surface area contributed by atoms with Gasteiger partial charge in [0.15, 0.2) is 0 Å². The van der Waals surface area contributed by atoms with E-state index in [0.29, 0.717) is 0 Å². The first-order valence-electron chi connectivity index (χ1n) is 6.30. The molecule has 0 aliphatic heterocycles. The van der Waals surface area contributed by atoms with E-state index in [1.807, 2.05) is 0 Å². The molecule has 31 heavy (non-hydrogen) atoms. The third-order valence-electron chi connectivity index (χ3n) is 2.53. The number of aliphatic carboxylic acids is 6. The van der Waals surface area contributed by atoms with Gasteiger partial charge in [-0.25, -0.2) is 0 Å². The minimum absolute atomic E-state index is 0. The molecule has 0 unspecified atom stereocenters. The van der Waals surface area contributed by atoms with Crippen LogP contribution in [0.4, 0.5) is 0 Å². The Morgan fingerprint density at radius 3 is 0.710 bits per heavy atom. The average molecular weight is 482 g/mol. The largest absolute Gasteiger partial charge is 1.00 e. The Kier molecular flexibility index (Phi) is 31.4. The molecular formula is C12H20Na2O17. The summed E-state index contributed by atoms with van der Waals surface area (Å²) in [4.78, 5) is 60.6. The van der Waals surface area contributed by atoms with E-state index in [4.69, 9.17) is 30.6 Å². The fourth-order valence-corrected chi connectivity index (χ4v) is 1.41. The Labute approximate surface area is 216 Å². The zero-order valence-electron chi connectivity index (χ0n) is 16.3. The molecule has 0 aliphatic rings. The fourth-order valence-electron chi connectivity index (χ4n) is 1.41. The monoisotopic (exact) mass is 482 g/mol. The van der Waals surface area contributed by atoms with E-state index < -0.39 is 72.7 Å². The van der Waals surface area contributed by atoms with Gasteiger partial charge in [0.05, 0.1) is 37.6 Å². The van der Waals surface area contributed by atoms with Gasteiger partial charge >= 0.3 is 83.0 Å². The summed E-state index contributed by atoms with van der Waals surface area (Å²) in [6, 6.07) is 0. The van der Waals surface area contributed by atoms with E-state index in [1.54, 1.807) is 0 Å². The van der Waals surface area contributed by atoms with Gasteiger partial charge < -0.3 is 66.9 Å². The molecule has 0 spiro atoms. The number of aliphatic hydroxyl groups is 2. The minimum Gasteiger partial charge on any atom is -0.547 e. The molecule has 17 nitrogen and oxygen atoms in total. The number of hydrogen-bond acceptors (Lipinski definition) is 10. The maximum absolute atomic E-state index is 10.2. The van der Waals surface area contributed by atoms with Gasteiger partial charge in [-0.3, -0.25) is 19.2 Å². The Bertz CT molecular complexity index is 520. The van der Waals surface area contributed by atoms with Crippen molar-refractivity contribution in [3.8, 4) is 0 Å². The summed E-state index contributed by atoms with van der Waals surface area (Å²) in [6.07, 6.45) is -4.83. The molecule has 0 atom stereocenters. The predicted octanol–water partition coefficient (Wildman–Crippen LogP) is -13.6. The molecule has 0 radical (unpaired) electrons. The van der Waals surface area contributed by atoms with Gasteiger partial charge in [0.25, 0.3) is 0 Å². The van der Waals surface area contributed by atoms with Gasteiger partial charge in [-0.15, -0.1) is 0 Å². The normalized spacial score (nSPS) is 9.10. The van der Waals surface area contributed by atoms with Crippen molar-refractivity contribution in [3.05, 3.63) is 0 Å². The number of carbonyl (C=O) groups is 6. The quantitative estimate of drug-likeness (QED) is 0.157. The Morgan fingerprint density at radius 1 is 0.516 bits per heavy atom. The van der Waals surface area contributed by atoms with Crippen LogP contribution in [0.3, 0.4) is 0 Å². The van der Waals surface area contributed by atoms with E-state index in [0.717, 1.165) is 0 Å². The van der Waals surface area contributed by atoms with Crippen LogP contribution >= 0.6 is 0 Å². The number of carbonyl (C=O) groups excluding carboxylic acids is 2. The van der Waals surface area contributed by atoms with Gasteiger partial charge in [-0.2, -0.15) is 0 Å². The van der Waals surface area contributed by atoms with Crippen molar-refractivity contribution >= 4 is 35.8 Å². The maximum atomic E-state index is 10.2. The van der Waals surface area contributed by atoms with Crippen molar-refractivity contribution in [3.63, 3.8) is 0 Å². The van der Waals surface area contributed by atoms with E-state index >= 15 is 0 Å². The molecule has 0 saturated carbocycles. The molecule has 0 aromatic carbocycles. The van der Waals surface area contributed by atoms with Crippen molar-refractivity contribution in [2.24, 2.45) is 0 Å². The SMILES string of the molecule is O.O.O.O=C(O)CC(O)(CC(=O)O)C(=O)[O-].O=C(O)CC(O)(CC(=O)O)C(=O)[O-].[Na+].[Na+]. The van der Waals surface area contributed by atoms with E-state index in [9.17, 15) is 39.0 Å². The first-order chi connectivity index (χ1) is 11.6. The van der Waals surface area contributed by atoms with Gasteiger partial charge in [-0.05, 0) is 0 Å². The zero-order chi connectivity index (χ0) is 21.3. The summed E-state index contributed by atoms with van der Waals surface area (Å²) in [7, 11) is 0. The molecule has 12 N–H and O–H groups in total. The van der Waals surface area contributed by atoms with Crippen LogP contribution in [0.25, 0.3) is 0 Å². The molecule has 0 aromatic heterocycles. The summed E-state index contributed by atoms with van der Waals surface area (Å²) in [5.41, 5.74) is -5.70. The Hall–Kier alpha value is -1.38. The van der Waals surface area contributed by atoms with Crippen LogP contribution in [0.2, 0.25) is 0 Å². The van der Waals surface area contributed by atoms with Gasteiger partial charge in [0.1, 0.15) is 11.2 Å². The maximum Gasteiger partial charge on any atom is 1.00 e. The molecule has 0 amide bonds. The second-order valence-electron chi connectivity index (χ2n) is 4.92. The molecule has 0 heterocycles. The summed E-state index contributed by atoms with van der Waals surface area (Å²) in [5.74, 6) is -10.7. The molecule has 0 fully saturated rings. The standard InChI is InChI=1S/2C6H8O7.2Na.3H2O/c2*7-3(8)1-6(13,5(11)12)2-4(9)10;;;;;/h2*13H,1-2H2,(H,7,8)(H,9,10)(H,11,12);;;3*1H2/q;;2*+1;;;/p-2. The average Bonchev–Trinajstić information content (AvgIpc) is 2.34. The third kappa shape index (κ3) is 21.6. The minimum atomic E-state index is -2.85. The second-order valence-corrected chi connectivity index (χ2v) is 4.92. The van der Waals surface area contributed by atoms with Crippen molar-refractivity contribution in [1.82, 2.24) is 0 Å². The van der Waals surface area contributed by atoms with Crippen molar-refractivity contribution in [2.45, 2.75) is 36.9 Å². The molecule has 0 aliphatic carbocycles. The number of hydrogen-bond donors (Lipinski definition) is 6. The molecule has 0 rings (SSSR count). The van der Waals surface area contributed by atoms with Crippen LogP contribution < -0.4 is 69.3 Å². The first kappa shape index (κ1) is 47.4. The number of carboxylic acid groups (broad SMARTS) is 6. The van der Waals surface area contributed by atoms with Crippen LogP contribution in [0.5, 0.6) is 0 Å². The van der Waals surface area contributed by atoms with Gasteiger partial charge in [0, 0.05) is 0 Å². The van der Waals surface area contributed by atoms with Crippen molar-refractivity contribution in [2.75, 3.05) is 0 Å². The van der Waals surface area contributed by atoms with Gasteiger partial charge in [0.2, 0.25) is 0 Å². The van der Waals surface area contributed by atoms with Crippen molar-refractivity contribution < 1.29 is 145 Å². The molecule has 172 valence electrons. The molecule has 0 saturated heterocycles. The number of rotatable bonds is 10. The molecular weight excluding hydrogens is 462 g/mol. The molecule has 19 heteroatoms. The summed E-state index contributed by atoms with van der Waals surface area (Å²) in [6.45, 7) is 0. The topological polar surface area (TPSA) is 364 Å². The second kappa shape index (κ2) is 20.5. The zero-order valence-corrected chi connectivity index (χ0v) is 20.3.